The van der Waals surface area contributed by atoms with Crippen LogP contribution in [0, 0.1) is 0 Å². The van der Waals surface area contributed by atoms with E-state index >= 15 is 0 Å². The van der Waals surface area contributed by atoms with Crippen molar-refractivity contribution >= 4 is 5.91 Å². The van der Waals surface area contributed by atoms with Crippen LogP contribution < -0.4 is 5.32 Å². The molecule has 3 heterocycles. The van der Waals surface area contributed by atoms with E-state index in [1.165, 1.54) is 4.68 Å². The number of nitrogens with zero attached hydrogens (tertiary/aromatic N) is 7. The molecule has 0 aromatic carbocycles. The summed E-state index contributed by atoms with van der Waals surface area (Å²) in [6.45, 7) is 6.57. The average molecular weight is 376 g/mol. The SMILES string of the molecule is C[C@@H]1CN(Cc2nnnn2CC(=O)NCc2noc(C3CC3)n2)C[C@H](C)O1. The second kappa shape index (κ2) is 7.69. The molecule has 0 bridgehead atoms. The second-order valence-corrected chi connectivity index (χ2v) is 7.30. The first-order chi connectivity index (χ1) is 13.1. The Morgan fingerprint density at radius 3 is 2.78 bits per heavy atom. The quantitative estimate of drug-likeness (QED) is 0.703. The molecule has 146 valence electrons. The molecule has 1 saturated heterocycles. The summed E-state index contributed by atoms with van der Waals surface area (Å²) in [5.41, 5.74) is 0. The minimum atomic E-state index is -0.204. The normalized spacial score (nSPS) is 23.5. The van der Waals surface area contributed by atoms with Gasteiger partial charge in [0.25, 0.3) is 0 Å². The van der Waals surface area contributed by atoms with Crippen LogP contribution in [0.2, 0.25) is 0 Å². The molecular formula is C16H24N8O3. The number of amides is 1. The number of hydrogen-bond acceptors (Lipinski definition) is 9. The number of carbonyl (C=O) groups is 1. The van der Waals surface area contributed by atoms with Gasteiger partial charge in [-0.15, -0.1) is 5.10 Å². The van der Waals surface area contributed by atoms with Gasteiger partial charge in [-0.3, -0.25) is 9.69 Å². The summed E-state index contributed by atoms with van der Waals surface area (Å²) in [6.07, 6.45) is 2.52. The number of morpholine rings is 1. The van der Waals surface area contributed by atoms with Crippen LogP contribution >= 0.6 is 0 Å². The molecule has 4 rings (SSSR count). The summed E-state index contributed by atoms with van der Waals surface area (Å²) < 4.78 is 12.4. The maximum atomic E-state index is 12.2. The monoisotopic (exact) mass is 376 g/mol. The molecule has 2 aliphatic rings. The Balaban J connectivity index is 1.28. The lowest BCUT2D eigenvalue weighted by Gasteiger charge is -2.34. The van der Waals surface area contributed by atoms with Gasteiger partial charge in [0.1, 0.15) is 6.54 Å². The summed E-state index contributed by atoms with van der Waals surface area (Å²) in [5, 5.41) is 18.4. The largest absolute Gasteiger partial charge is 0.373 e. The Kier molecular flexibility index (Phi) is 5.12. The van der Waals surface area contributed by atoms with E-state index < -0.39 is 0 Å². The van der Waals surface area contributed by atoms with Gasteiger partial charge in [0.15, 0.2) is 11.6 Å². The van der Waals surface area contributed by atoms with Gasteiger partial charge in [-0.2, -0.15) is 4.98 Å². The molecule has 1 saturated carbocycles. The van der Waals surface area contributed by atoms with Crippen molar-refractivity contribution in [3.05, 3.63) is 17.5 Å². The van der Waals surface area contributed by atoms with E-state index in [0.29, 0.717) is 30.0 Å². The van der Waals surface area contributed by atoms with Crippen LogP contribution in [0.5, 0.6) is 0 Å². The van der Waals surface area contributed by atoms with E-state index in [1.807, 2.05) is 13.8 Å². The smallest absolute Gasteiger partial charge is 0.242 e. The molecule has 0 unspecified atom stereocenters. The highest BCUT2D eigenvalue weighted by Gasteiger charge is 2.29. The van der Waals surface area contributed by atoms with Crippen LogP contribution in [-0.4, -0.2) is 66.5 Å². The lowest BCUT2D eigenvalue weighted by Crippen LogP contribution is -2.45. The van der Waals surface area contributed by atoms with Gasteiger partial charge >= 0.3 is 0 Å². The molecule has 1 amide bonds. The Labute approximate surface area is 156 Å². The molecule has 27 heavy (non-hydrogen) atoms. The fraction of sp³-hybridized carbons (Fsp3) is 0.750. The summed E-state index contributed by atoms with van der Waals surface area (Å²) in [4.78, 5) is 18.8. The zero-order valence-electron chi connectivity index (χ0n) is 15.5. The highest BCUT2D eigenvalue weighted by Crippen LogP contribution is 2.38. The maximum absolute atomic E-state index is 12.2. The molecule has 2 aromatic heterocycles. The molecule has 1 aliphatic carbocycles. The van der Waals surface area contributed by atoms with E-state index in [4.69, 9.17) is 9.26 Å². The summed E-state index contributed by atoms with van der Waals surface area (Å²) in [5.74, 6) is 2.00. The highest BCUT2D eigenvalue weighted by atomic mass is 16.5. The van der Waals surface area contributed by atoms with Crippen LogP contribution in [0.4, 0.5) is 0 Å². The first-order valence-corrected chi connectivity index (χ1v) is 9.29. The minimum absolute atomic E-state index is 0.0467. The molecule has 11 nitrogen and oxygen atoms in total. The van der Waals surface area contributed by atoms with Crippen molar-refractivity contribution in [2.75, 3.05) is 13.1 Å². The number of ether oxygens (including phenoxy) is 1. The second-order valence-electron chi connectivity index (χ2n) is 7.30. The molecule has 0 radical (unpaired) electrons. The van der Waals surface area contributed by atoms with Crippen molar-refractivity contribution < 1.29 is 14.1 Å². The zero-order valence-corrected chi connectivity index (χ0v) is 15.5. The van der Waals surface area contributed by atoms with Crippen molar-refractivity contribution in [1.82, 2.24) is 40.6 Å². The molecular weight excluding hydrogens is 352 g/mol. The number of hydrogen-bond donors (Lipinski definition) is 1. The predicted molar refractivity (Wildman–Crippen MR) is 91.2 cm³/mol. The standard InChI is InChI=1S/C16H24N8O3/c1-10-6-23(7-11(2)26-10)8-14-19-21-22-24(14)9-15(25)17-5-13-18-16(27-20-13)12-3-4-12/h10-12H,3-9H2,1-2H3,(H,17,25)/t10-,11+. The molecule has 1 aliphatic heterocycles. The summed E-state index contributed by atoms with van der Waals surface area (Å²) >= 11 is 0. The van der Waals surface area contributed by atoms with Crippen molar-refractivity contribution in [3.63, 3.8) is 0 Å². The molecule has 2 atom stereocenters. The van der Waals surface area contributed by atoms with Crippen LogP contribution in [0.25, 0.3) is 0 Å². The molecule has 2 fully saturated rings. The van der Waals surface area contributed by atoms with Gasteiger partial charge in [0.2, 0.25) is 11.8 Å². The first kappa shape index (κ1) is 18.0. The molecule has 11 heteroatoms. The maximum Gasteiger partial charge on any atom is 0.242 e. The fourth-order valence-corrected chi connectivity index (χ4v) is 3.28. The average Bonchev–Trinajstić information content (AvgIpc) is 3.20. The first-order valence-electron chi connectivity index (χ1n) is 9.29. The van der Waals surface area contributed by atoms with Crippen molar-refractivity contribution in [1.29, 1.82) is 0 Å². The summed E-state index contributed by atoms with van der Waals surface area (Å²) in [6, 6.07) is 0. The number of carbonyl (C=O) groups excluding carboxylic acids is 1. The lowest BCUT2D eigenvalue weighted by atomic mass is 10.2. The Bertz CT molecular complexity index is 776. The van der Waals surface area contributed by atoms with Crippen LogP contribution in [0.15, 0.2) is 4.52 Å². The van der Waals surface area contributed by atoms with E-state index in [-0.39, 0.29) is 31.2 Å². The lowest BCUT2D eigenvalue weighted by molar-refractivity contribution is -0.122. The van der Waals surface area contributed by atoms with Crippen molar-refractivity contribution in [3.8, 4) is 0 Å². The summed E-state index contributed by atoms with van der Waals surface area (Å²) in [7, 11) is 0. The fourth-order valence-electron chi connectivity index (χ4n) is 3.28. The third-order valence-electron chi connectivity index (χ3n) is 4.61. The minimum Gasteiger partial charge on any atom is -0.373 e. The Morgan fingerprint density at radius 2 is 2.04 bits per heavy atom. The van der Waals surface area contributed by atoms with Crippen molar-refractivity contribution in [2.24, 2.45) is 0 Å². The van der Waals surface area contributed by atoms with Gasteiger partial charge in [0, 0.05) is 19.0 Å². The van der Waals surface area contributed by atoms with Gasteiger partial charge in [0.05, 0.1) is 25.3 Å². The van der Waals surface area contributed by atoms with Gasteiger partial charge in [-0.1, -0.05) is 5.16 Å². The zero-order chi connectivity index (χ0) is 18.8. The van der Waals surface area contributed by atoms with E-state index in [2.05, 4.69) is 35.9 Å². The number of tetrazole rings is 1. The number of aromatic nitrogens is 6. The molecule has 0 spiro atoms. The van der Waals surface area contributed by atoms with Crippen LogP contribution in [0.1, 0.15) is 50.1 Å². The number of nitrogens with one attached hydrogen (secondary N) is 1. The topological polar surface area (TPSA) is 124 Å². The van der Waals surface area contributed by atoms with Crippen LogP contribution in [-0.2, 0) is 29.2 Å². The number of rotatable bonds is 7. The van der Waals surface area contributed by atoms with Gasteiger partial charge in [-0.25, -0.2) is 4.68 Å². The predicted octanol–water partition coefficient (Wildman–Crippen LogP) is -0.141. The molecule has 1 N–H and O–H groups in total. The molecule has 2 aromatic rings. The Hall–Kier alpha value is -2.40. The van der Waals surface area contributed by atoms with Gasteiger partial charge < -0.3 is 14.6 Å². The van der Waals surface area contributed by atoms with Crippen LogP contribution in [0.3, 0.4) is 0 Å². The van der Waals surface area contributed by atoms with E-state index in [9.17, 15) is 4.79 Å². The third kappa shape index (κ3) is 4.66. The highest BCUT2D eigenvalue weighted by molar-refractivity contribution is 5.75. The van der Waals surface area contributed by atoms with E-state index in [0.717, 1.165) is 25.9 Å². The van der Waals surface area contributed by atoms with Gasteiger partial charge in [-0.05, 0) is 37.1 Å². The third-order valence-corrected chi connectivity index (χ3v) is 4.61. The Morgan fingerprint density at radius 1 is 1.26 bits per heavy atom. The van der Waals surface area contributed by atoms with E-state index in [1.54, 1.807) is 0 Å². The van der Waals surface area contributed by atoms with Crippen molar-refractivity contribution in [2.45, 2.75) is 64.4 Å².